The molecule has 1 saturated carbocycles. The number of hydrogen-bond donors (Lipinski definition) is 2. The molecular formula is C24H24N4O2. The molecular weight excluding hydrogens is 376 g/mol. The molecule has 1 fully saturated rings. The molecule has 0 atom stereocenters. The molecule has 2 heterocycles. The molecule has 0 bridgehead atoms. The van der Waals surface area contributed by atoms with E-state index in [0.717, 1.165) is 59.9 Å². The molecule has 2 aromatic heterocycles. The lowest BCUT2D eigenvalue weighted by Gasteiger charge is -2.26. The molecule has 1 aliphatic rings. The van der Waals surface area contributed by atoms with Gasteiger partial charge in [0, 0.05) is 11.6 Å². The minimum Gasteiger partial charge on any atom is -0.457 e. The third-order valence-corrected chi connectivity index (χ3v) is 5.54. The third kappa shape index (κ3) is 4.00. The van der Waals surface area contributed by atoms with Crippen LogP contribution in [0.15, 0.2) is 72.9 Å². The lowest BCUT2D eigenvalue weighted by atomic mass is 9.93. The summed E-state index contributed by atoms with van der Waals surface area (Å²) in [4.78, 5) is 4.49. The van der Waals surface area contributed by atoms with Crippen LogP contribution in [0.5, 0.6) is 11.5 Å². The summed E-state index contributed by atoms with van der Waals surface area (Å²) < 4.78 is 7.75. The van der Waals surface area contributed by atoms with Crippen molar-refractivity contribution in [3.05, 3.63) is 72.9 Å². The lowest BCUT2D eigenvalue weighted by molar-refractivity contribution is 0.126. The highest BCUT2D eigenvalue weighted by Crippen LogP contribution is 2.27. The second kappa shape index (κ2) is 8.16. The van der Waals surface area contributed by atoms with Gasteiger partial charge in [0.2, 0.25) is 0 Å². The molecule has 0 saturated heterocycles. The highest BCUT2D eigenvalue weighted by atomic mass is 16.5. The van der Waals surface area contributed by atoms with Gasteiger partial charge >= 0.3 is 0 Å². The summed E-state index contributed by atoms with van der Waals surface area (Å²) in [7, 11) is 0. The predicted octanol–water partition coefficient (Wildman–Crippen LogP) is 4.90. The van der Waals surface area contributed by atoms with E-state index >= 15 is 0 Å². The minimum absolute atomic E-state index is 0.160. The van der Waals surface area contributed by atoms with Crippen molar-refractivity contribution >= 4 is 11.5 Å². The van der Waals surface area contributed by atoms with Gasteiger partial charge in [-0.25, -0.2) is 9.50 Å². The number of benzene rings is 2. The quantitative estimate of drug-likeness (QED) is 0.498. The molecule has 2 aromatic carbocycles. The summed E-state index contributed by atoms with van der Waals surface area (Å²) in [5.41, 5.74) is 2.76. The number of aliphatic hydroxyl groups is 1. The average Bonchev–Trinajstić information content (AvgIpc) is 3.20. The minimum atomic E-state index is -0.160. The van der Waals surface area contributed by atoms with E-state index in [1.807, 2.05) is 77.4 Å². The monoisotopic (exact) mass is 400 g/mol. The Kier molecular flexibility index (Phi) is 5.07. The molecule has 0 spiro atoms. The van der Waals surface area contributed by atoms with E-state index in [-0.39, 0.29) is 6.10 Å². The Balaban J connectivity index is 1.36. The summed E-state index contributed by atoms with van der Waals surface area (Å²) in [6, 6.07) is 22.0. The number of nitrogens with zero attached hydrogens (tertiary/aromatic N) is 3. The highest BCUT2D eigenvalue weighted by Gasteiger charge is 2.19. The number of aromatic nitrogens is 3. The van der Waals surface area contributed by atoms with Crippen molar-refractivity contribution in [2.24, 2.45) is 0 Å². The van der Waals surface area contributed by atoms with Crippen LogP contribution < -0.4 is 10.1 Å². The molecule has 1 aliphatic carbocycles. The Morgan fingerprint density at radius 1 is 0.867 bits per heavy atom. The molecule has 0 amide bonds. The number of para-hydroxylation sites is 1. The van der Waals surface area contributed by atoms with Crippen molar-refractivity contribution in [1.29, 1.82) is 0 Å². The van der Waals surface area contributed by atoms with Crippen LogP contribution in [0, 0.1) is 0 Å². The normalized spacial score (nSPS) is 19.0. The summed E-state index contributed by atoms with van der Waals surface area (Å²) in [6.45, 7) is 0. The number of hydrogen-bond acceptors (Lipinski definition) is 5. The smallest absolute Gasteiger partial charge is 0.154 e. The number of aliphatic hydroxyl groups excluding tert-OH is 1. The van der Waals surface area contributed by atoms with Gasteiger partial charge in [-0.3, -0.25) is 0 Å². The van der Waals surface area contributed by atoms with Gasteiger partial charge in [0.1, 0.15) is 17.3 Å². The fourth-order valence-electron chi connectivity index (χ4n) is 3.89. The molecule has 6 heteroatoms. The Morgan fingerprint density at radius 3 is 2.37 bits per heavy atom. The van der Waals surface area contributed by atoms with Gasteiger partial charge in [0.05, 0.1) is 18.0 Å². The van der Waals surface area contributed by atoms with Gasteiger partial charge in [-0.05, 0) is 74.2 Å². The number of nitrogens with one attached hydrogen (secondary N) is 1. The van der Waals surface area contributed by atoms with Crippen molar-refractivity contribution < 1.29 is 9.84 Å². The van der Waals surface area contributed by atoms with E-state index in [1.54, 1.807) is 0 Å². The third-order valence-electron chi connectivity index (χ3n) is 5.54. The molecule has 6 nitrogen and oxygen atoms in total. The van der Waals surface area contributed by atoms with Crippen molar-refractivity contribution in [2.75, 3.05) is 5.32 Å². The van der Waals surface area contributed by atoms with Crippen LogP contribution in [0.4, 0.5) is 5.82 Å². The van der Waals surface area contributed by atoms with Crippen molar-refractivity contribution in [3.63, 3.8) is 0 Å². The van der Waals surface area contributed by atoms with E-state index in [4.69, 9.17) is 9.84 Å². The molecule has 2 N–H and O–H groups in total. The van der Waals surface area contributed by atoms with Gasteiger partial charge in [0.15, 0.2) is 5.65 Å². The zero-order valence-corrected chi connectivity index (χ0v) is 16.6. The number of rotatable bonds is 5. The molecule has 0 unspecified atom stereocenters. The van der Waals surface area contributed by atoms with E-state index in [1.165, 1.54) is 0 Å². The molecule has 30 heavy (non-hydrogen) atoms. The van der Waals surface area contributed by atoms with Gasteiger partial charge in [-0.1, -0.05) is 18.2 Å². The Morgan fingerprint density at radius 2 is 1.60 bits per heavy atom. The standard InChI is InChI=1S/C24H24N4O2/c29-19-10-8-18(9-11-19)26-23-14-15-24-25-16-22(28(24)27-23)17-6-12-21(13-7-17)30-20-4-2-1-3-5-20/h1-7,12-16,18-19,29H,8-11H2,(H,26,27). The van der Waals surface area contributed by atoms with E-state index in [0.29, 0.717) is 6.04 Å². The topological polar surface area (TPSA) is 71.7 Å². The SMILES string of the molecule is OC1CCC(Nc2ccc3ncc(-c4ccc(Oc5ccccc5)cc4)n3n2)CC1. The summed E-state index contributed by atoms with van der Waals surface area (Å²) in [6.07, 6.45) is 5.28. The molecule has 152 valence electrons. The van der Waals surface area contributed by atoms with Crippen LogP contribution in [0.2, 0.25) is 0 Å². The van der Waals surface area contributed by atoms with E-state index in [9.17, 15) is 5.11 Å². The zero-order chi connectivity index (χ0) is 20.3. The number of anilines is 1. The second-order valence-corrected chi connectivity index (χ2v) is 7.72. The van der Waals surface area contributed by atoms with Crippen LogP contribution in [-0.2, 0) is 0 Å². The number of ether oxygens (including phenoxy) is 1. The largest absolute Gasteiger partial charge is 0.457 e. The van der Waals surface area contributed by atoms with Crippen LogP contribution in [0.3, 0.4) is 0 Å². The van der Waals surface area contributed by atoms with Crippen LogP contribution in [-0.4, -0.2) is 31.9 Å². The second-order valence-electron chi connectivity index (χ2n) is 7.72. The molecule has 0 radical (unpaired) electrons. The predicted molar refractivity (Wildman–Crippen MR) is 117 cm³/mol. The Bertz CT molecular complexity index is 1120. The van der Waals surface area contributed by atoms with Crippen LogP contribution in [0.25, 0.3) is 16.9 Å². The first-order chi connectivity index (χ1) is 14.7. The number of imidazole rings is 1. The van der Waals surface area contributed by atoms with E-state index < -0.39 is 0 Å². The molecule has 4 aromatic rings. The van der Waals surface area contributed by atoms with Crippen molar-refractivity contribution in [3.8, 4) is 22.8 Å². The first-order valence-corrected chi connectivity index (χ1v) is 10.4. The van der Waals surface area contributed by atoms with Crippen LogP contribution >= 0.6 is 0 Å². The van der Waals surface area contributed by atoms with Crippen LogP contribution in [0.1, 0.15) is 25.7 Å². The molecule has 5 rings (SSSR count). The highest BCUT2D eigenvalue weighted by molar-refractivity contribution is 5.64. The number of fused-ring (bicyclic) bond motifs is 1. The summed E-state index contributed by atoms with van der Waals surface area (Å²) in [5.74, 6) is 2.42. The zero-order valence-electron chi connectivity index (χ0n) is 16.6. The van der Waals surface area contributed by atoms with Gasteiger partial charge in [-0.15, -0.1) is 5.10 Å². The summed E-state index contributed by atoms with van der Waals surface area (Å²) >= 11 is 0. The molecule has 0 aliphatic heterocycles. The lowest BCUT2D eigenvalue weighted by Crippen LogP contribution is -2.28. The first kappa shape index (κ1) is 18.6. The van der Waals surface area contributed by atoms with Crippen molar-refractivity contribution in [2.45, 2.75) is 37.8 Å². The maximum Gasteiger partial charge on any atom is 0.154 e. The Hall–Kier alpha value is -3.38. The van der Waals surface area contributed by atoms with E-state index in [2.05, 4.69) is 10.3 Å². The average molecular weight is 400 g/mol. The van der Waals surface area contributed by atoms with Gasteiger partial charge in [-0.2, -0.15) is 0 Å². The first-order valence-electron chi connectivity index (χ1n) is 10.4. The van der Waals surface area contributed by atoms with Gasteiger partial charge < -0.3 is 15.2 Å². The van der Waals surface area contributed by atoms with Crippen molar-refractivity contribution in [1.82, 2.24) is 14.6 Å². The van der Waals surface area contributed by atoms with Gasteiger partial charge in [0.25, 0.3) is 0 Å². The maximum atomic E-state index is 9.71. The Labute approximate surface area is 175 Å². The summed E-state index contributed by atoms with van der Waals surface area (Å²) in [5, 5.41) is 18.0. The fraction of sp³-hybridized carbons (Fsp3) is 0.250. The fourth-order valence-corrected chi connectivity index (χ4v) is 3.89. The maximum absolute atomic E-state index is 9.71.